The van der Waals surface area contributed by atoms with Gasteiger partial charge in [-0.3, -0.25) is 29.8 Å². The van der Waals surface area contributed by atoms with E-state index in [1.165, 1.54) is 49.4 Å². The fourth-order valence-corrected chi connectivity index (χ4v) is 6.10. The number of carbonyl (C=O) groups excluding carboxylic acids is 2. The van der Waals surface area contributed by atoms with Crippen molar-refractivity contribution in [2.45, 2.75) is 51.4 Å². The minimum Gasteiger partial charge on any atom is -0.378 e. The summed E-state index contributed by atoms with van der Waals surface area (Å²) in [5.74, 6) is -3.38. The molecule has 0 bridgehead atoms. The van der Waals surface area contributed by atoms with Crippen LogP contribution in [0.15, 0.2) is 24.3 Å². The summed E-state index contributed by atoms with van der Waals surface area (Å²) in [4.78, 5) is 49.8. The fourth-order valence-electron chi connectivity index (χ4n) is 6.10. The van der Waals surface area contributed by atoms with Crippen molar-refractivity contribution in [3.63, 3.8) is 0 Å². The lowest BCUT2D eigenvalue weighted by Crippen LogP contribution is -2.41. The van der Waals surface area contributed by atoms with Gasteiger partial charge in [0.15, 0.2) is 0 Å². The molecule has 4 saturated heterocycles. The fraction of sp³-hybridized carbons (Fsp3) is 0.588. The molecule has 0 unspecified atom stereocenters. The third-order valence-electron chi connectivity index (χ3n) is 8.97. The molecule has 0 atom stereocenters. The van der Waals surface area contributed by atoms with Crippen molar-refractivity contribution >= 4 is 28.9 Å². The van der Waals surface area contributed by atoms with E-state index in [9.17, 15) is 43.0 Å². The molecular formula is C34H45F3N6O8. The van der Waals surface area contributed by atoms with E-state index >= 15 is 0 Å². The van der Waals surface area contributed by atoms with Crippen molar-refractivity contribution in [2.75, 3.05) is 83.7 Å². The number of carbonyl (C=O) groups is 2. The summed E-state index contributed by atoms with van der Waals surface area (Å²) < 4.78 is 51.6. The second-order valence-corrected chi connectivity index (χ2v) is 12.5. The number of halogens is 3. The van der Waals surface area contributed by atoms with E-state index in [1.807, 2.05) is 4.90 Å². The summed E-state index contributed by atoms with van der Waals surface area (Å²) in [6, 6.07) is 3.63. The monoisotopic (exact) mass is 722 g/mol. The van der Waals surface area contributed by atoms with Crippen molar-refractivity contribution in [2.24, 2.45) is 0 Å². The Labute approximate surface area is 294 Å². The SMILES string of the molecule is C1CCNCC1.O=C(Cc1cc([N+](=O)[O-])c(F)cc1F)N1CCOCC1.O=C(Cc1cc([N+](=O)[O-])c(N2CCCCC2)cc1F)N1CCOCC1. The van der Waals surface area contributed by atoms with Crippen molar-refractivity contribution in [3.05, 3.63) is 73.1 Å². The van der Waals surface area contributed by atoms with Crippen LogP contribution in [-0.4, -0.2) is 110 Å². The number of hydrogen-bond acceptors (Lipinski definition) is 10. The molecule has 4 heterocycles. The number of nitro benzene ring substituents is 2. The minimum absolute atomic E-state index is 0.0731. The van der Waals surface area contributed by atoms with Crippen LogP contribution in [-0.2, 0) is 31.9 Å². The van der Waals surface area contributed by atoms with Crippen molar-refractivity contribution in [1.82, 2.24) is 15.1 Å². The average molecular weight is 723 g/mol. The predicted molar refractivity (Wildman–Crippen MR) is 181 cm³/mol. The predicted octanol–water partition coefficient (Wildman–Crippen LogP) is 4.16. The zero-order valence-electron chi connectivity index (χ0n) is 28.6. The van der Waals surface area contributed by atoms with Gasteiger partial charge in [-0.05, 0) is 45.2 Å². The third kappa shape index (κ3) is 11.9. The summed E-state index contributed by atoms with van der Waals surface area (Å²) >= 11 is 0. The number of hydrogen-bond donors (Lipinski definition) is 1. The van der Waals surface area contributed by atoms with E-state index in [0.717, 1.165) is 25.3 Å². The first kappa shape index (κ1) is 39.4. The molecule has 0 saturated carbocycles. The van der Waals surface area contributed by atoms with Crippen LogP contribution in [0.3, 0.4) is 0 Å². The molecule has 2 amide bonds. The molecule has 51 heavy (non-hydrogen) atoms. The summed E-state index contributed by atoms with van der Waals surface area (Å²) in [5, 5.41) is 25.3. The summed E-state index contributed by atoms with van der Waals surface area (Å²) in [6.45, 7) is 7.31. The van der Waals surface area contributed by atoms with Gasteiger partial charge in [-0.2, -0.15) is 4.39 Å². The first-order valence-corrected chi connectivity index (χ1v) is 17.3. The Morgan fingerprint density at radius 2 is 1.08 bits per heavy atom. The highest BCUT2D eigenvalue weighted by atomic mass is 19.1. The molecule has 280 valence electrons. The molecule has 0 aromatic heterocycles. The van der Waals surface area contributed by atoms with Gasteiger partial charge in [0.2, 0.25) is 17.6 Å². The molecule has 2 aromatic carbocycles. The topological polar surface area (TPSA) is 161 Å². The minimum atomic E-state index is -1.25. The zero-order chi connectivity index (χ0) is 36.8. The van der Waals surface area contributed by atoms with Crippen LogP contribution in [0, 0.1) is 37.7 Å². The molecule has 1 N–H and O–H groups in total. The van der Waals surface area contributed by atoms with Crippen molar-refractivity contribution in [3.8, 4) is 0 Å². The van der Waals surface area contributed by atoms with Crippen LogP contribution in [0.5, 0.6) is 0 Å². The van der Waals surface area contributed by atoms with E-state index in [-0.39, 0.29) is 41.5 Å². The van der Waals surface area contributed by atoms with Gasteiger partial charge in [-0.25, -0.2) is 8.78 Å². The number of benzene rings is 2. The molecule has 4 aliphatic heterocycles. The Kier molecular flexibility index (Phi) is 15.4. The van der Waals surface area contributed by atoms with Crippen molar-refractivity contribution < 1.29 is 42.1 Å². The first-order chi connectivity index (χ1) is 24.5. The highest BCUT2D eigenvalue weighted by molar-refractivity contribution is 5.80. The highest BCUT2D eigenvalue weighted by Gasteiger charge is 2.27. The van der Waals surface area contributed by atoms with Gasteiger partial charge in [-0.15, -0.1) is 0 Å². The normalized spacial score (nSPS) is 17.7. The first-order valence-electron chi connectivity index (χ1n) is 17.3. The maximum absolute atomic E-state index is 14.5. The Morgan fingerprint density at radius 1 is 0.627 bits per heavy atom. The number of nitro groups is 2. The quantitative estimate of drug-likeness (QED) is 0.325. The van der Waals surface area contributed by atoms with E-state index in [2.05, 4.69) is 5.32 Å². The lowest BCUT2D eigenvalue weighted by molar-refractivity contribution is -0.387. The van der Waals surface area contributed by atoms with Gasteiger partial charge < -0.3 is 29.5 Å². The molecule has 2 aromatic rings. The van der Waals surface area contributed by atoms with Crippen LogP contribution in [0.1, 0.15) is 49.7 Å². The molecule has 0 radical (unpaired) electrons. The van der Waals surface area contributed by atoms with Crippen LogP contribution < -0.4 is 10.2 Å². The molecule has 0 spiro atoms. The van der Waals surface area contributed by atoms with Gasteiger partial charge in [0.1, 0.15) is 17.3 Å². The average Bonchev–Trinajstić information content (AvgIpc) is 3.15. The van der Waals surface area contributed by atoms with Crippen LogP contribution in [0.4, 0.5) is 30.2 Å². The Hall–Kier alpha value is -4.35. The van der Waals surface area contributed by atoms with Gasteiger partial charge in [0.05, 0.1) is 49.1 Å². The Balaban J connectivity index is 0.000000200. The van der Waals surface area contributed by atoms with E-state index in [0.29, 0.717) is 77.4 Å². The van der Waals surface area contributed by atoms with Gasteiger partial charge in [0.25, 0.3) is 5.69 Å². The lowest BCUT2D eigenvalue weighted by atomic mass is 10.1. The number of nitrogens with one attached hydrogen (secondary N) is 1. The second-order valence-electron chi connectivity index (χ2n) is 12.5. The van der Waals surface area contributed by atoms with Crippen LogP contribution in [0.2, 0.25) is 0 Å². The maximum atomic E-state index is 14.5. The molecule has 0 aliphatic carbocycles. The molecular weight excluding hydrogens is 677 g/mol. The standard InChI is InChI=1S/C17H22FN3O4.C12H12F2N2O4.C5H11N/c18-14-12-15(19-4-2-1-3-5-19)16(21(23)24)10-13(14)11-17(22)20-6-8-25-9-7-20;13-9-7-10(14)11(16(18)19)5-8(9)6-12(17)15-1-3-20-4-2-15;1-2-4-6-5-3-1/h10,12H,1-9,11H2;5,7H,1-4,6H2;6H,1-5H2. The van der Waals surface area contributed by atoms with Crippen molar-refractivity contribution in [1.29, 1.82) is 0 Å². The number of nitrogens with zero attached hydrogens (tertiary/aromatic N) is 5. The lowest BCUT2D eigenvalue weighted by Gasteiger charge is -2.29. The summed E-state index contributed by atoms with van der Waals surface area (Å²) in [7, 11) is 0. The van der Waals surface area contributed by atoms with Gasteiger partial charge in [0, 0.05) is 74.7 Å². The molecule has 6 rings (SSSR count). The molecule has 4 aliphatic rings. The number of ether oxygens (including phenoxy) is 2. The largest absolute Gasteiger partial charge is 0.378 e. The summed E-state index contributed by atoms with van der Waals surface area (Å²) in [5.41, 5.74) is -0.771. The number of piperidine rings is 2. The molecule has 14 nitrogen and oxygen atoms in total. The summed E-state index contributed by atoms with van der Waals surface area (Å²) in [6.07, 6.45) is 6.66. The number of anilines is 1. The van der Waals surface area contributed by atoms with Crippen LogP contribution >= 0.6 is 0 Å². The van der Waals surface area contributed by atoms with Gasteiger partial charge >= 0.3 is 5.69 Å². The smallest absolute Gasteiger partial charge is 0.305 e. The molecule has 4 fully saturated rings. The maximum Gasteiger partial charge on any atom is 0.305 e. The van der Waals surface area contributed by atoms with Crippen LogP contribution in [0.25, 0.3) is 0 Å². The molecule has 17 heteroatoms. The second kappa shape index (κ2) is 19.9. The van der Waals surface area contributed by atoms with E-state index < -0.39 is 33.0 Å². The third-order valence-corrected chi connectivity index (χ3v) is 8.97. The number of morpholine rings is 2. The number of rotatable bonds is 7. The highest BCUT2D eigenvalue weighted by Crippen LogP contribution is 2.33. The zero-order valence-corrected chi connectivity index (χ0v) is 28.6. The Morgan fingerprint density at radius 3 is 1.51 bits per heavy atom. The van der Waals surface area contributed by atoms with E-state index in [1.54, 1.807) is 4.90 Å². The Bertz CT molecular complexity index is 1500. The van der Waals surface area contributed by atoms with Gasteiger partial charge in [-0.1, -0.05) is 6.42 Å². The van der Waals surface area contributed by atoms with E-state index in [4.69, 9.17) is 9.47 Å². The number of amides is 2.